The van der Waals surface area contributed by atoms with Crippen LogP contribution < -0.4 is 10.5 Å². The molecular weight excluding hydrogens is 282 g/mol. The van der Waals surface area contributed by atoms with Crippen LogP contribution in [-0.2, 0) is 4.74 Å². The predicted octanol–water partition coefficient (Wildman–Crippen LogP) is 3.27. The molecule has 2 N–H and O–H groups in total. The average molecular weight is 302 g/mol. The highest BCUT2D eigenvalue weighted by molar-refractivity contribution is 9.10. The topological polar surface area (TPSA) is 44.5 Å². The van der Waals surface area contributed by atoms with E-state index in [0.717, 1.165) is 15.8 Å². The fourth-order valence-corrected chi connectivity index (χ4v) is 1.82. The van der Waals surface area contributed by atoms with Crippen LogP contribution in [0.15, 0.2) is 22.7 Å². The largest absolute Gasteiger partial charge is 0.491 e. The SMILES string of the molecule is CC(C)OCCOc1ccc(Br)cc1[C@@H](C)N. The van der Waals surface area contributed by atoms with Gasteiger partial charge in [-0.3, -0.25) is 0 Å². The molecule has 0 amide bonds. The summed E-state index contributed by atoms with van der Waals surface area (Å²) in [6.45, 7) is 7.09. The lowest BCUT2D eigenvalue weighted by molar-refractivity contribution is 0.0550. The molecule has 0 spiro atoms. The van der Waals surface area contributed by atoms with Crippen LogP contribution in [0, 0.1) is 0 Å². The third kappa shape index (κ3) is 5.06. The van der Waals surface area contributed by atoms with Crippen LogP contribution in [-0.4, -0.2) is 19.3 Å². The molecule has 0 aliphatic rings. The first kappa shape index (κ1) is 14.5. The van der Waals surface area contributed by atoms with E-state index in [1.54, 1.807) is 0 Å². The Balaban J connectivity index is 2.58. The van der Waals surface area contributed by atoms with Crippen molar-refractivity contribution in [1.29, 1.82) is 0 Å². The second kappa shape index (κ2) is 6.99. The standard InChI is InChI=1S/C13H20BrNO2/c1-9(2)16-6-7-17-13-5-4-11(14)8-12(13)10(3)15/h4-5,8-10H,6-7,15H2,1-3H3/t10-/m1/s1. The summed E-state index contributed by atoms with van der Waals surface area (Å²) in [5, 5.41) is 0. The Hall–Kier alpha value is -0.580. The Morgan fingerprint density at radius 2 is 1.94 bits per heavy atom. The van der Waals surface area contributed by atoms with Gasteiger partial charge in [0.05, 0.1) is 12.7 Å². The highest BCUT2D eigenvalue weighted by Crippen LogP contribution is 2.27. The van der Waals surface area contributed by atoms with Gasteiger partial charge in [0.15, 0.2) is 0 Å². The molecule has 17 heavy (non-hydrogen) atoms. The summed E-state index contributed by atoms with van der Waals surface area (Å²) in [4.78, 5) is 0. The van der Waals surface area contributed by atoms with Crippen molar-refractivity contribution >= 4 is 15.9 Å². The van der Waals surface area contributed by atoms with Crippen molar-refractivity contribution in [2.75, 3.05) is 13.2 Å². The lowest BCUT2D eigenvalue weighted by Crippen LogP contribution is -2.13. The Morgan fingerprint density at radius 3 is 2.53 bits per heavy atom. The summed E-state index contributed by atoms with van der Waals surface area (Å²) in [6, 6.07) is 5.82. The van der Waals surface area contributed by atoms with E-state index in [0.29, 0.717) is 13.2 Å². The van der Waals surface area contributed by atoms with E-state index < -0.39 is 0 Å². The third-order valence-corrected chi connectivity index (χ3v) is 2.75. The first-order valence-corrected chi connectivity index (χ1v) is 6.59. The van der Waals surface area contributed by atoms with Gasteiger partial charge in [-0.1, -0.05) is 15.9 Å². The number of nitrogens with two attached hydrogens (primary N) is 1. The van der Waals surface area contributed by atoms with Crippen molar-refractivity contribution in [2.24, 2.45) is 5.73 Å². The van der Waals surface area contributed by atoms with Gasteiger partial charge >= 0.3 is 0 Å². The van der Waals surface area contributed by atoms with Gasteiger partial charge in [-0.2, -0.15) is 0 Å². The van der Waals surface area contributed by atoms with Gasteiger partial charge in [0.25, 0.3) is 0 Å². The molecule has 0 heterocycles. The number of ether oxygens (including phenoxy) is 2. The van der Waals surface area contributed by atoms with Crippen molar-refractivity contribution in [3.63, 3.8) is 0 Å². The Labute approximate surface area is 111 Å². The van der Waals surface area contributed by atoms with E-state index in [-0.39, 0.29) is 12.1 Å². The average Bonchev–Trinajstić information content (AvgIpc) is 2.25. The Morgan fingerprint density at radius 1 is 1.24 bits per heavy atom. The number of halogens is 1. The lowest BCUT2D eigenvalue weighted by Gasteiger charge is -2.15. The van der Waals surface area contributed by atoms with Gasteiger partial charge in [0.2, 0.25) is 0 Å². The molecule has 0 saturated carbocycles. The van der Waals surface area contributed by atoms with Gasteiger partial charge in [-0.05, 0) is 39.0 Å². The smallest absolute Gasteiger partial charge is 0.124 e. The number of hydrogen-bond donors (Lipinski definition) is 1. The van der Waals surface area contributed by atoms with E-state index in [4.69, 9.17) is 15.2 Å². The zero-order valence-electron chi connectivity index (χ0n) is 10.6. The summed E-state index contributed by atoms with van der Waals surface area (Å²) in [5.74, 6) is 0.829. The van der Waals surface area contributed by atoms with Crippen molar-refractivity contribution in [1.82, 2.24) is 0 Å². The highest BCUT2D eigenvalue weighted by Gasteiger charge is 2.08. The van der Waals surface area contributed by atoms with Crippen LogP contribution >= 0.6 is 15.9 Å². The van der Waals surface area contributed by atoms with E-state index >= 15 is 0 Å². The minimum Gasteiger partial charge on any atom is -0.491 e. The van der Waals surface area contributed by atoms with Crippen LogP contribution in [0.4, 0.5) is 0 Å². The van der Waals surface area contributed by atoms with Crippen molar-refractivity contribution in [3.8, 4) is 5.75 Å². The van der Waals surface area contributed by atoms with Gasteiger partial charge in [0, 0.05) is 16.1 Å². The Bertz CT molecular complexity index is 353. The molecule has 4 heteroatoms. The van der Waals surface area contributed by atoms with Gasteiger partial charge in [-0.15, -0.1) is 0 Å². The Kier molecular flexibility index (Phi) is 5.95. The van der Waals surface area contributed by atoms with Gasteiger partial charge < -0.3 is 15.2 Å². The second-order valence-electron chi connectivity index (χ2n) is 4.24. The molecule has 0 saturated heterocycles. The van der Waals surface area contributed by atoms with Crippen LogP contribution in [0.1, 0.15) is 32.4 Å². The van der Waals surface area contributed by atoms with E-state index in [1.807, 2.05) is 39.0 Å². The molecule has 1 rings (SSSR count). The molecule has 1 aromatic carbocycles. The molecule has 0 fully saturated rings. The number of benzene rings is 1. The zero-order valence-corrected chi connectivity index (χ0v) is 12.2. The van der Waals surface area contributed by atoms with Crippen molar-refractivity contribution < 1.29 is 9.47 Å². The second-order valence-corrected chi connectivity index (χ2v) is 5.15. The first-order chi connectivity index (χ1) is 8.00. The van der Waals surface area contributed by atoms with Crippen LogP contribution in [0.5, 0.6) is 5.75 Å². The molecule has 0 radical (unpaired) electrons. The van der Waals surface area contributed by atoms with E-state index in [2.05, 4.69) is 15.9 Å². The summed E-state index contributed by atoms with van der Waals surface area (Å²) in [7, 11) is 0. The minimum atomic E-state index is -0.0477. The van der Waals surface area contributed by atoms with Crippen molar-refractivity contribution in [2.45, 2.75) is 32.9 Å². The normalized spacial score (nSPS) is 12.8. The van der Waals surface area contributed by atoms with Gasteiger partial charge in [-0.25, -0.2) is 0 Å². The molecule has 1 aromatic rings. The summed E-state index contributed by atoms with van der Waals surface area (Å²) < 4.78 is 12.1. The van der Waals surface area contributed by atoms with E-state index in [1.165, 1.54) is 0 Å². The fourth-order valence-electron chi connectivity index (χ4n) is 1.44. The minimum absolute atomic E-state index is 0.0477. The maximum atomic E-state index is 5.90. The lowest BCUT2D eigenvalue weighted by atomic mass is 10.1. The van der Waals surface area contributed by atoms with Crippen LogP contribution in [0.3, 0.4) is 0 Å². The fraction of sp³-hybridized carbons (Fsp3) is 0.538. The highest BCUT2D eigenvalue weighted by atomic mass is 79.9. The molecule has 3 nitrogen and oxygen atoms in total. The zero-order chi connectivity index (χ0) is 12.8. The molecule has 0 aliphatic heterocycles. The molecule has 96 valence electrons. The van der Waals surface area contributed by atoms with Crippen molar-refractivity contribution in [3.05, 3.63) is 28.2 Å². The van der Waals surface area contributed by atoms with Crippen LogP contribution in [0.2, 0.25) is 0 Å². The third-order valence-electron chi connectivity index (χ3n) is 2.25. The summed E-state index contributed by atoms with van der Waals surface area (Å²) in [5.41, 5.74) is 6.91. The molecule has 0 aromatic heterocycles. The molecule has 1 atom stereocenters. The molecule has 0 bridgehead atoms. The predicted molar refractivity (Wildman–Crippen MR) is 73.3 cm³/mol. The molecule has 0 unspecified atom stereocenters. The molecular formula is C13H20BrNO2. The quantitative estimate of drug-likeness (QED) is 0.820. The van der Waals surface area contributed by atoms with Crippen LogP contribution in [0.25, 0.3) is 0 Å². The number of hydrogen-bond acceptors (Lipinski definition) is 3. The molecule has 0 aliphatic carbocycles. The van der Waals surface area contributed by atoms with E-state index in [9.17, 15) is 0 Å². The van der Waals surface area contributed by atoms with Gasteiger partial charge in [0.1, 0.15) is 12.4 Å². The summed E-state index contributed by atoms with van der Waals surface area (Å²) in [6.07, 6.45) is 0.233. The maximum absolute atomic E-state index is 5.90. The summed E-state index contributed by atoms with van der Waals surface area (Å²) >= 11 is 3.43. The first-order valence-electron chi connectivity index (χ1n) is 5.80. The number of rotatable bonds is 6. The monoisotopic (exact) mass is 301 g/mol. The maximum Gasteiger partial charge on any atom is 0.124 e.